The van der Waals surface area contributed by atoms with Gasteiger partial charge in [0, 0.05) is 24.2 Å². The van der Waals surface area contributed by atoms with Crippen molar-refractivity contribution in [1.82, 2.24) is 9.88 Å². The average Bonchev–Trinajstić information content (AvgIpc) is 3.27. The number of hydrogen-bond acceptors (Lipinski definition) is 4. The number of benzene rings is 2. The molecule has 0 spiro atoms. The Bertz CT molecular complexity index is 1180. The van der Waals surface area contributed by atoms with Crippen LogP contribution in [0, 0.1) is 12.7 Å². The van der Waals surface area contributed by atoms with E-state index in [4.69, 9.17) is 4.74 Å². The van der Waals surface area contributed by atoms with Crippen LogP contribution in [0.3, 0.4) is 0 Å². The Morgan fingerprint density at radius 1 is 1.17 bits per heavy atom. The lowest BCUT2D eigenvalue weighted by molar-refractivity contribution is -0.135. The fourth-order valence-corrected chi connectivity index (χ4v) is 3.41. The summed E-state index contributed by atoms with van der Waals surface area (Å²) in [6, 6.07) is 11.6. The Kier molecular flexibility index (Phi) is 4.72. The first kappa shape index (κ1) is 18.6. The number of hydrogen-bond donors (Lipinski definition) is 1. The largest absolute Gasteiger partial charge is 0.456 e. The number of aromatic nitrogens is 1. The highest BCUT2D eigenvalue weighted by Gasteiger charge is 2.24. The summed E-state index contributed by atoms with van der Waals surface area (Å²) in [5.74, 6) is -2.42. The number of cyclic esters (lactones) is 1. The molecule has 7 heteroatoms. The molecular weight excluding hydrogens is 375 g/mol. The van der Waals surface area contributed by atoms with E-state index in [0.717, 1.165) is 22.7 Å². The van der Waals surface area contributed by atoms with Gasteiger partial charge >= 0.3 is 5.97 Å². The molecule has 0 fully saturated rings. The summed E-state index contributed by atoms with van der Waals surface area (Å²) in [6.45, 7) is 2.28. The smallest absolute Gasteiger partial charge is 0.333 e. The van der Waals surface area contributed by atoms with E-state index in [1.165, 1.54) is 12.1 Å². The van der Waals surface area contributed by atoms with Gasteiger partial charge in [0.05, 0.1) is 16.8 Å². The molecule has 0 unspecified atom stereocenters. The second kappa shape index (κ2) is 7.35. The molecule has 0 aliphatic carbocycles. The van der Waals surface area contributed by atoms with Crippen LogP contribution in [0.2, 0.25) is 0 Å². The van der Waals surface area contributed by atoms with E-state index >= 15 is 0 Å². The highest BCUT2D eigenvalue weighted by atomic mass is 19.1. The normalized spacial score (nSPS) is 13.3. The number of carbonyl (C=O) groups excluding carboxylic acids is 3. The lowest BCUT2D eigenvalue weighted by Crippen LogP contribution is -2.31. The number of ether oxygens (including phenoxy) is 1. The fourth-order valence-electron chi connectivity index (χ4n) is 3.41. The van der Waals surface area contributed by atoms with Crippen molar-refractivity contribution in [3.05, 3.63) is 82.9 Å². The maximum atomic E-state index is 13.2. The summed E-state index contributed by atoms with van der Waals surface area (Å²) in [5, 5.41) is 3.08. The van der Waals surface area contributed by atoms with E-state index in [-0.39, 0.29) is 23.7 Å². The molecular formula is C22H17FN2O4. The summed E-state index contributed by atoms with van der Waals surface area (Å²) in [6.07, 6.45) is 2.78. The third-order valence-corrected chi connectivity index (χ3v) is 4.75. The number of Topliss-reactive ketones (excluding diaryl/α,β-unsaturated/α-hetero) is 1. The predicted molar refractivity (Wildman–Crippen MR) is 104 cm³/mol. The molecule has 2 aromatic carbocycles. The lowest BCUT2D eigenvalue weighted by atomic mass is 10.1. The second-order valence-corrected chi connectivity index (χ2v) is 6.83. The number of nitrogens with one attached hydrogen (secondary N) is 1. The highest BCUT2D eigenvalue weighted by Crippen LogP contribution is 2.26. The molecule has 1 aliphatic heterocycles. The van der Waals surface area contributed by atoms with Crippen LogP contribution in [0.15, 0.2) is 60.4 Å². The summed E-state index contributed by atoms with van der Waals surface area (Å²) in [7, 11) is 0. The Hall–Kier alpha value is -3.74. The van der Waals surface area contributed by atoms with Crippen molar-refractivity contribution in [3.63, 3.8) is 0 Å². The first-order valence-corrected chi connectivity index (χ1v) is 8.98. The van der Waals surface area contributed by atoms with Gasteiger partial charge in [-0.1, -0.05) is 30.3 Å². The third kappa shape index (κ3) is 3.67. The molecule has 146 valence electrons. The van der Waals surface area contributed by atoms with Crippen LogP contribution < -0.4 is 5.32 Å². The van der Waals surface area contributed by atoms with Gasteiger partial charge in [0.2, 0.25) is 0 Å². The molecule has 0 bridgehead atoms. The number of aryl methyl sites for hydroxylation is 1. The maximum absolute atomic E-state index is 13.2. The first-order valence-electron chi connectivity index (χ1n) is 8.98. The molecule has 6 nitrogen and oxygen atoms in total. The molecule has 0 atom stereocenters. The minimum atomic E-state index is -0.836. The number of rotatable bonds is 5. The average molecular weight is 392 g/mol. The van der Waals surface area contributed by atoms with Crippen LogP contribution in [0.25, 0.3) is 10.9 Å². The lowest BCUT2D eigenvalue weighted by Gasteiger charge is -2.07. The molecule has 0 saturated heterocycles. The Labute approximate surface area is 165 Å². The quantitative estimate of drug-likeness (QED) is 0.412. The van der Waals surface area contributed by atoms with Gasteiger partial charge in [0.1, 0.15) is 12.4 Å². The van der Waals surface area contributed by atoms with E-state index in [2.05, 4.69) is 5.32 Å². The number of amides is 1. The van der Waals surface area contributed by atoms with Crippen molar-refractivity contribution in [2.75, 3.05) is 6.61 Å². The Morgan fingerprint density at radius 3 is 2.62 bits per heavy atom. The molecule has 0 saturated carbocycles. The SMILES string of the molecule is Cc1cccc2c(C(=O)C(=O)NC3=CC(=O)OC3)cn(Cc3ccc(F)cc3)c12. The van der Waals surface area contributed by atoms with Crippen LogP contribution >= 0.6 is 0 Å². The van der Waals surface area contributed by atoms with Crippen molar-refractivity contribution >= 4 is 28.6 Å². The number of fused-ring (bicyclic) bond motifs is 1. The fraction of sp³-hybridized carbons (Fsp3) is 0.136. The van der Waals surface area contributed by atoms with Crippen molar-refractivity contribution in [3.8, 4) is 0 Å². The van der Waals surface area contributed by atoms with Crippen molar-refractivity contribution in [2.24, 2.45) is 0 Å². The summed E-state index contributed by atoms with van der Waals surface area (Å²) < 4.78 is 19.8. The maximum Gasteiger partial charge on any atom is 0.333 e. The number of carbonyl (C=O) groups is 3. The van der Waals surface area contributed by atoms with Gasteiger partial charge < -0.3 is 14.6 Å². The van der Waals surface area contributed by atoms with Crippen LogP contribution in [0.4, 0.5) is 4.39 Å². The zero-order valence-electron chi connectivity index (χ0n) is 15.6. The summed E-state index contributed by atoms with van der Waals surface area (Å²) in [5.41, 5.74) is 3.14. The van der Waals surface area contributed by atoms with Gasteiger partial charge in [-0.05, 0) is 30.2 Å². The van der Waals surface area contributed by atoms with Gasteiger partial charge in [0.15, 0.2) is 0 Å². The monoisotopic (exact) mass is 392 g/mol. The van der Waals surface area contributed by atoms with E-state index in [9.17, 15) is 18.8 Å². The standard InChI is InChI=1S/C22H17FN2O4/c1-13-3-2-4-17-18(21(27)22(28)24-16-9-19(26)29-12-16)11-25(20(13)17)10-14-5-7-15(23)8-6-14/h2-9,11H,10,12H2,1H3,(H,24,28). The van der Waals surface area contributed by atoms with E-state index in [1.807, 2.05) is 23.6 Å². The molecule has 1 amide bonds. The van der Waals surface area contributed by atoms with Crippen molar-refractivity contribution in [1.29, 1.82) is 0 Å². The third-order valence-electron chi connectivity index (χ3n) is 4.75. The topological polar surface area (TPSA) is 77.4 Å². The van der Waals surface area contributed by atoms with Crippen LogP contribution in [0.1, 0.15) is 21.5 Å². The Balaban J connectivity index is 1.69. The molecule has 0 radical (unpaired) electrons. The van der Waals surface area contributed by atoms with E-state index < -0.39 is 17.7 Å². The zero-order valence-corrected chi connectivity index (χ0v) is 15.6. The second-order valence-electron chi connectivity index (χ2n) is 6.83. The number of ketones is 1. The molecule has 29 heavy (non-hydrogen) atoms. The minimum Gasteiger partial charge on any atom is -0.456 e. The van der Waals surface area contributed by atoms with Crippen molar-refractivity contribution in [2.45, 2.75) is 13.5 Å². The number of nitrogens with zero attached hydrogens (tertiary/aromatic N) is 1. The minimum absolute atomic E-state index is 0.0662. The molecule has 1 aliphatic rings. The molecule has 3 aromatic rings. The van der Waals surface area contributed by atoms with Gasteiger partial charge in [-0.2, -0.15) is 0 Å². The van der Waals surface area contributed by atoms with Gasteiger partial charge in [-0.3, -0.25) is 9.59 Å². The van der Waals surface area contributed by atoms with Gasteiger partial charge in [-0.25, -0.2) is 9.18 Å². The molecule has 1 N–H and O–H groups in total. The molecule has 4 rings (SSSR count). The van der Waals surface area contributed by atoms with Crippen molar-refractivity contribution < 1.29 is 23.5 Å². The van der Waals surface area contributed by atoms with Gasteiger partial charge in [-0.15, -0.1) is 0 Å². The number of para-hydroxylation sites is 1. The van der Waals surface area contributed by atoms with E-state index in [0.29, 0.717) is 11.9 Å². The van der Waals surface area contributed by atoms with Crippen LogP contribution in [0.5, 0.6) is 0 Å². The van der Waals surface area contributed by atoms with Gasteiger partial charge in [0.25, 0.3) is 11.7 Å². The van der Waals surface area contributed by atoms with Crippen LogP contribution in [-0.2, 0) is 20.9 Å². The Morgan fingerprint density at radius 2 is 1.93 bits per heavy atom. The van der Waals surface area contributed by atoms with E-state index in [1.54, 1.807) is 24.4 Å². The first-order chi connectivity index (χ1) is 13.9. The predicted octanol–water partition coefficient (Wildman–Crippen LogP) is 2.88. The number of esters is 1. The highest BCUT2D eigenvalue weighted by molar-refractivity contribution is 6.45. The van der Waals surface area contributed by atoms with Crippen LogP contribution in [-0.4, -0.2) is 28.8 Å². The molecule has 2 heterocycles. The number of halogens is 1. The zero-order chi connectivity index (χ0) is 20.5. The summed E-state index contributed by atoms with van der Waals surface area (Å²) in [4.78, 5) is 36.4. The molecule has 1 aromatic heterocycles. The summed E-state index contributed by atoms with van der Waals surface area (Å²) >= 11 is 0.